The van der Waals surface area contributed by atoms with Crippen LogP contribution < -0.4 is 0 Å². The predicted octanol–water partition coefficient (Wildman–Crippen LogP) is 3.32. The van der Waals surface area contributed by atoms with Crippen LogP contribution in [0.25, 0.3) is 0 Å². The van der Waals surface area contributed by atoms with Crippen LogP contribution >= 0.6 is 0 Å². The second-order valence-corrected chi connectivity index (χ2v) is 3.31. The summed E-state index contributed by atoms with van der Waals surface area (Å²) in [6.07, 6.45) is 8.36. The highest BCUT2D eigenvalue weighted by Gasteiger charge is 2.04. The van der Waals surface area contributed by atoms with Gasteiger partial charge in [0.2, 0.25) is 0 Å². The molecule has 0 aromatic rings. The molecule has 0 saturated heterocycles. The van der Waals surface area contributed by atoms with Gasteiger partial charge in [0.05, 0.1) is 11.4 Å². The van der Waals surface area contributed by atoms with Gasteiger partial charge >= 0.3 is 0 Å². The normalized spacial score (nSPS) is 11.0. The van der Waals surface area contributed by atoms with E-state index in [9.17, 15) is 0 Å². The number of rotatable bonds is 7. The van der Waals surface area contributed by atoms with Gasteiger partial charge in [-0.3, -0.25) is 0 Å². The van der Waals surface area contributed by atoms with Gasteiger partial charge in [-0.05, 0) is 24.9 Å². The molecule has 0 spiro atoms. The third kappa shape index (κ3) is 5.18. The van der Waals surface area contributed by atoms with Crippen LogP contribution in [-0.2, 0) is 0 Å². The zero-order chi connectivity index (χ0) is 12.4. The van der Waals surface area contributed by atoms with E-state index >= 15 is 0 Å². The molecule has 0 atom stereocenters. The molecule has 0 saturated carbocycles. The molecule has 0 aliphatic heterocycles. The third-order valence-electron chi connectivity index (χ3n) is 2.02. The van der Waals surface area contributed by atoms with E-state index in [0.29, 0.717) is 0 Å². The Morgan fingerprint density at radius 3 is 2.62 bits per heavy atom. The van der Waals surface area contributed by atoms with Crippen molar-refractivity contribution in [1.82, 2.24) is 4.90 Å². The number of nitrogens with zero attached hydrogens (tertiary/aromatic N) is 2. The Kier molecular flexibility index (Phi) is 7.56. The van der Waals surface area contributed by atoms with E-state index < -0.39 is 0 Å². The molecule has 0 amide bonds. The number of allylic oxidation sites excluding steroid dienone is 4. The lowest BCUT2D eigenvalue weighted by atomic mass is 10.2. The van der Waals surface area contributed by atoms with Crippen molar-refractivity contribution >= 4 is 5.87 Å². The summed E-state index contributed by atoms with van der Waals surface area (Å²) in [5, 5.41) is 0. The minimum Gasteiger partial charge on any atom is -0.373 e. The lowest BCUT2D eigenvalue weighted by molar-refractivity contribution is 0.425. The SMILES string of the molecule is C=C=N/C(=C/C=C\C=C)C(=C)N(C)CCC. The lowest BCUT2D eigenvalue weighted by Gasteiger charge is -2.20. The Hall–Kier alpha value is -1.79. The standard InChI is InChI=1S/C14H20N2/c1-6-9-10-11-14(15-8-3)13(4)16(5)12-7-2/h6,9-11H,1,3-4,7,12H2,2,5H3/b10-9-,14-11+. The summed E-state index contributed by atoms with van der Waals surface area (Å²) < 4.78 is 0. The molecule has 0 rings (SSSR count). The van der Waals surface area contributed by atoms with Crippen LogP contribution in [0.5, 0.6) is 0 Å². The van der Waals surface area contributed by atoms with E-state index in [1.807, 2.05) is 25.3 Å². The van der Waals surface area contributed by atoms with Crippen molar-refractivity contribution in [3.63, 3.8) is 0 Å². The second-order valence-electron chi connectivity index (χ2n) is 3.31. The zero-order valence-electron chi connectivity index (χ0n) is 10.2. The summed E-state index contributed by atoms with van der Waals surface area (Å²) in [5.74, 6) is 2.53. The third-order valence-corrected chi connectivity index (χ3v) is 2.02. The van der Waals surface area contributed by atoms with E-state index in [1.54, 1.807) is 6.08 Å². The number of aliphatic imine (C=N–C) groups is 1. The fourth-order valence-electron chi connectivity index (χ4n) is 1.17. The molecular weight excluding hydrogens is 196 g/mol. The largest absolute Gasteiger partial charge is 0.373 e. The smallest absolute Gasteiger partial charge is 0.0956 e. The number of hydrogen-bond donors (Lipinski definition) is 0. The molecule has 0 aromatic heterocycles. The Bertz CT molecular complexity index is 342. The van der Waals surface area contributed by atoms with Crippen LogP contribution in [0.3, 0.4) is 0 Å². The molecule has 0 radical (unpaired) electrons. The van der Waals surface area contributed by atoms with Crippen molar-refractivity contribution in [2.24, 2.45) is 4.99 Å². The average Bonchev–Trinajstić information content (AvgIpc) is 2.27. The van der Waals surface area contributed by atoms with Gasteiger partial charge in [-0.15, -0.1) is 0 Å². The molecule has 86 valence electrons. The minimum atomic E-state index is 0.768. The van der Waals surface area contributed by atoms with Crippen LogP contribution in [0, 0.1) is 0 Å². The molecule has 0 heterocycles. The molecule has 2 nitrogen and oxygen atoms in total. The monoisotopic (exact) mass is 216 g/mol. The summed E-state index contributed by atoms with van der Waals surface area (Å²) in [5.41, 5.74) is 1.63. The molecule has 0 fully saturated rings. The fourth-order valence-corrected chi connectivity index (χ4v) is 1.17. The average molecular weight is 216 g/mol. The first kappa shape index (κ1) is 14.2. The first-order valence-corrected chi connectivity index (χ1v) is 5.30. The Balaban J connectivity index is 4.84. The first-order chi connectivity index (χ1) is 7.67. The highest BCUT2D eigenvalue weighted by Crippen LogP contribution is 2.13. The van der Waals surface area contributed by atoms with Crippen molar-refractivity contribution in [1.29, 1.82) is 0 Å². The van der Waals surface area contributed by atoms with Gasteiger partial charge in [-0.25, -0.2) is 4.99 Å². The van der Waals surface area contributed by atoms with Crippen molar-refractivity contribution < 1.29 is 0 Å². The lowest BCUT2D eigenvalue weighted by Crippen LogP contribution is -2.18. The van der Waals surface area contributed by atoms with Gasteiger partial charge in [0.1, 0.15) is 0 Å². The fraction of sp³-hybridized carbons (Fsp3) is 0.286. The van der Waals surface area contributed by atoms with Gasteiger partial charge in [0.15, 0.2) is 0 Å². The van der Waals surface area contributed by atoms with E-state index in [2.05, 4.69) is 42.4 Å². The maximum atomic E-state index is 4.07. The van der Waals surface area contributed by atoms with Gasteiger partial charge in [0, 0.05) is 13.6 Å². The van der Waals surface area contributed by atoms with Crippen LogP contribution in [0.15, 0.2) is 60.4 Å². The number of likely N-dealkylation sites (N-methyl/N-ethyl adjacent to an activating group) is 1. The Labute approximate surface area is 98.7 Å². The van der Waals surface area contributed by atoms with Gasteiger partial charge < -0.3 is 4.90 Å². The Morgan fingerprint density at radius 2 is 2.12 bits per heavy atom. The predicted molar refractivity (Wildman–Crippen MR) is 72.5 cm³/mol. The van der Waals surface area contributed by atoms with Gasteiger partial charge in [0.25, 0.3) is 0 Å². The highest BCUT2D eigenvalue weighted by atomic mass is 15.1. The summed E-state index contributed by atoms with van der Waals surface area (Å²) in [4.78, 5) is 6.14. The van der Waals surface area contributed by atoms with Crippen molar-refractivity contribution in [2.45, 2.75) is 13.3 Å². The highest BCUT2D eigenvalue weighted by molar-refractivity contribution is 5.51. The molecule has 0 unspecified atom stereocenters. The molecule has 0 aromatic carbocycles. The second kappa shape index (κ2) is 8.51. The van der Waals surface area contributed by atoms with Crippen LogP contribution in [-0.4, -0.2) is 24.4 Å². The molecule has 2 heteroatoms. The topological polar surface area (TPSA) is 15.6 Å². The van der Waals surface area contributed by atoms with Crippen LogP contribution in [0.1, 0.15) is 13.3 Å². The van der Waals surface area contributed by atoms with E-state index in [0.717, 1.165) is 24.4 Å². The van der Waals surface area contributed by atoms with Crippen molar-refractivity contribution in [2.75, 3.05) is 13.6 Å². The Morgan fingerprint density at radius 1 is 1.44 bits per heavy atom. The molecule has 0 N–H and O–H groups in total. The molecule has 16 heavy (non-hydrogen) atoms. The van der Waals surface area contributed by atoms with Crippen LogP contribution in [0.4, 0.5) is 0 Å². The van der Waals surface area contributed by atoms with Gasteiger partial charge in [-0.2, -0.15) is 0 Å². The molecular formula is C14H20N2. The van der Waals surface area contributed by atoms with Crippen molar-refractivity contribution in [3.8, 4) is 0 Å². The maximum absolute atomic E-state index is 4.07. The van der Waals surface area contributed by atoms with E-state index in [-0.39, 0.29) is 0 Å². The van der Waals surface area contributed by atoms with Crippen molar-refractivity contribution in [3.05, 3.63) is 55.4 Å². The number of hydrogen-bond acceptors (Lipinski definition) is 2. The molecule has 0 aliphatic carbocycles. The zero-order valence-corrected chi connectivity index (χ0v) is 10.2. The van der Waals surface area contributed by atoms with E-state index in [4.69, 9.17) is 0 Å². The van der Waals surface area contributed by atoms with Gasteiger partial charge in [-0.1, -0.05) is 38.3 Å². The first-order valence-electron chi connectivity index (χ1n) is 5.30. The van der Waals surface area contributed by atoms with E-state index in [1.165, 1.54) is 0 Å². The maximum Gasteiger partial charge on any atom is 0.0956 e. The minimum absolute atomic E-state index is 0.768. The summed E-state index contributed by atoms with van der Waals surface area (Å²) in [6, 6.07) is 0. The summed E-state index contributed by atoms with van der Waals surface area (Å²) in [7, 11) is 2.00. The summed E-state index contributed by atoms with van der Waals surface area (Å²) >= 11 is 0. The van der Waals surface area contributed by atoms with Crippen LogP contribution in [0.2, 0.25) is 0 Å². The summed E-state index contributed by atoms with van der Waals surface area (Å²) in [6.45, 7) is 14.2. The quantitative estimate of drug-likeness (QED) is 0.471. The molecule has 0 aliphatic rings. The molecule has 0 bridgehead atoms.